The minimum atomic E-state index is -0.227. The van der Waals surface area contributed by atoms with Crippen molar-refractivity contribution in [1.29, 1.82) is 0 Å². The zero-order chi connectivity index (χ0) is 18.5. The Morgan fingerprint density at radius 1 is 1.23 bits per heavy atom. The number of amides is 1. The lowest BCUT2D eigenvalue weighted by molar-refractivity contribution is 0.0937. The minimum absolute atomic E-state index is 0.0862. The molecule has 1 aliphatic rings. The predicted octanol–water partition coefficient (Wildman–Crippen LogP) is 1.96. The second kappa shape index (κ2) is 8.19. The second-order valence-electron chi connectivity index (χ2n) is 6.61. The molecule has 0 aliphatic carbocycles. The average molecular weight is 355 g/mol. The Bertz CT molecular complexity index is 825. The van der Waals surface area contributed by atoms with Crippen LogP contribution in [0.3, 0.4) is 0 Å². The van der Waals surface area contributed by atoms with Gasteiger partial charge in [-0.3, -0.25) is 14.5 Å². The number of hydrogen-bond donors (Lipinski definition) is 1. The number of rotatable bonds is 6. The summed E-state index contributed by atoms with van der Waals surface area (Å²) in [5, 5.41) is 2.99. The van der Waals surface area contributed by atoms with Crippen LogP contribution in [0.15, 0.2) is 47.4 Å². The van der Waals surface area contributed by atoms with E-state index in [9.17, 15) is 9.59 Å². The molecule has 1 saturated heterocycles. The highest BCUT2D eigenvalue weighted by Crippen LogP contribution is 2.27. The number of aryl methyl sites for hydroxylation is 1. The Balaban J connectivity index is 1.76. The van der Waals surface area contributed by atoms with Crippen LogP contribution in [0.25, 0.3) is 0 Å². The van der Waals surface area contributed by atoms with Gasteiger partial charge in [-0.2, -0.15) is 0 Å². The molecular formula is C20H25N3O3. The molecule has 1 aromatic carbocycles. The summed E-state index contributed by atoms with van der Waals surface area (Å²) in [5.74, 6) is 0.583. The third-order valence-electron chi connectivity index (χ3n) is 4.88. The molecule has 2 heterocycles. The van der Waals surface area contributed by atoms with E-state index in [1.165, 1.54) is 23.5 Å². The molecule has 6 heteroatoms. The fourth-order valence-corrected chi connectivity index (χ4v) is 3.34. The van der Waals surface area contributed by atoms with E-state index in [0.717, 1.165) is 24.4 Å². The molecule has 0 saturated carbocycles. The molecule has 1 N–H and O–H groups in total. The van der Waals surface area contributed by atoms with Crippen LogP contribution in [0.2, 0.25) is 0 Å². The Labute approximate surface area is 153 Å². The molecule has 3 rings (SSSR count). The molecule has 6 nitrogen and oxygen atoms in total. The Hall–Kier alpha value is -2.60. The maximum absolute atomic E-state index is 12.5. The Morgan fingerprint density at radius 2 is 2.00 bits per heavy atom. The fraction of sp³-hybridized carbons (Fsp3) is 0.400. The van der Waals surface area contributed by atoms with E-state index in [1.54, 1.807) is 26.4 Å². The summed E-state index contributed by atoms with van der Waals surface area (Å²) in [5.41, 5.74) is 1.32. The van der Waals surface area contributed by atoms with Gasteiger partial charge in [0.25, 0.3) is 11.5 Å². The Kier molecular flexibility index (Phi) is 5.73. The van der Waals surface area contributed by atoms with Crippen molar-refractivity contribution in [3.63, 3.8) is 0 Å². The number of nitrogens with zero attached hydrogens (tertiary/aromatic N) is 2. The van der Waals surface area contributed by atoms with E-state index in [-0.39, 0.29) is 17.5 Å². The van der Waals surface area contributed by atoms with Gasteiger partial charge in [0.15, 0.2) is 0 Å². The summed E-state index contributed by atoms with van der Waals surface area (Å²) in [6.45, 7) is 2.52. The van der Waals surface area contributed by atoms with Gasteiger partial charge in [0, 0.05) is 31.4 Å². The number of aromatic nitrogens is 1. The second-order valence-corrected chi connectivity index (χ2v) is 6.61. The van der Waals surface area contributed by atoms with Gasteiger partial charge in [-0.05, 0) is 49.7 Å². The van der Waals surface area contributed by atoms with Gasteiger partial charge < -0.3 is 14.6 Å². The van der Waals surface area contributed by atoms with Gasteiger partial charge in [0.2, 0.25) is 0 Å². The van der Waals surface area contributed by atoms with E-state index < -0.39 is 0 Å². The van der Waals surface area contributed by atoms with Crippen molar-refractivity contribution in [2.75, 3.05) is 26.7 Å². The quantitative estimate of drug-likeness (QED) is 0.860. The highest BCUT2D eigenvalue weighted by molar-refractivity contribution is 5.94. The number of methoxy groups -OCH3 is 1. The van der Waals surface area contributed by atoms with Crippen LogP contribution < -0.4 is 15.6 Å². The first-order valence-corrected chi connectivity index (χ1v) is 8.91. The monoisotopic (exact) mass is 355 g/mol. The topological polar surface area (TPSA) is 63.6 Å². The number of pyridine rings is 1. The highest BCUT2D eigenvalue weighted by Gasteiger charge is 2.24. The van der Waals surface area contributed by atoms with E-state index in [4.69, 9.17) is 4.74 Å². The summed E-state index contributed by atoms with van der Waals surface area (Å²) in [4.78, 5) is 26.6. The van der Waals surface area contributed by atoms with Crippen molar-refractivity contribution in [1.82, 2.24) is 14.8 Å². The molecule has 1 atom stereocenters. The van der Waals surface area contributed by atoms with Crippen molar-refractivity contribution in [2.24, 2.45) is 7.05 Å². The molecule has 138 valence electrons. The van der Waals surface area contributed by atoms with Gasteiger partial charge in [0.05, 0.1) is 13.2 Å². The number of benzene rings is 1. The number of ether oxygens (including phenoxy) is 1. The Morgan fingerprint density at radius 3 is 2.69 bits per heavy atom. The van der Waals surface area contributed by atoms with Crippen LogP contribution in [-0.2, 0) is 7.05 Å². The fourth-order valence-electron chi connectivity index (χ4n) is 3.34. The molecule has 1 amide bonds. The normalized spacial score (nSPS) is 15.6. The number of nitrogens with one attached hydrogen (secondary N) is 1. The van der Waals surface area contributed by atoms with Crippen molar-refractivity contribution in [3.05, 3.63) is 64.1 Å². The van der Waals surface area contributed by atoms with Gasteiger partial charge in [-0.25, -0.2) is 0 Å². The lowest BCUT2D eigenvalue weighted by atomic mass is 10.0. The third-order valence-corrected chi connectivity index (χ3v) is 4.88. The molecule has 26 heavy (non-hydrogen) atoms. The summed E-state index contributed by atoms with van der Waals surface area (Å²) in [7, 11) is 3.32. The van der Waals surface area contributed by atoms with E-state index in [0.29, 0.717) is 12.1 Å². The van der Waals surface area contributed by atoms with Crippen LogP contribution in [-0.4, -0.2) is 42.1 Å². The molecule has 1 aromatic heterocycles. The zero-order valence-corrected chi connectivity index (χ0v) is 15.3. The molecule has 1 fully saturated rings. The van der Waals surface area contributed by atoms with Crippen LogP contribution in [0.5, 0.6) is 5.75 Å². The van der Waals surface area contributed by atoms with Crippen molar-refractivity contribution in [2.45, 2.75) is 18.9 Å². The predicted molar refractivity (Wildman–Crippen MR) is 101 cm³/mol. The lowest BCUT2D eigenvalue weighted by Crippen LogP contribution is -2.37. The number of carbonyl (C=O) groups excluding carboxylic acids is 1. The first kappa shape index (κ1) is 18.2. The molecular weight excluding hydrogens is 330 g/mol. The summed E-state index contributed by atoms with van der Waals surface area (Å²) >= 11 is 0. The van der Waals surface area contributed by atoms with Crippen LogP contribution in [0.1, 0.15) is 34.8 Å². The van der Waals surface area contributed by atoms with Gasteiger partial charge in [-0.1, -0.05) is 12.1 Å². The zero-order valence-electron chi connectivity index (χ0n) is 15.3. The van der Waals surface area contributed by atoms with Crippen molar-refractivity contribution < 1.29 is 9.53 Å². The smallest absolute Gasteiger partial charge is 0.251 e. The SMILES string of the molecule is COc1cccc(C(CNC(=O)c2ccn(C)c(=O)c2)N2CCCC2)c1. The summed E-state index contributed by atoms with van der Waals surface area (Å²) < 4.78 is 6.79. The van der Waals surface area contributed by atoms with Crippen molar-refractivity contribution in [3.8, 4) is 5.75 Å². The first-order chi connectivity index (χ1) is 12.6. The average Bonchev–Trinajstić information content (AvgIpc) is 3.18. The molecule has 1 aliphatic heterocycles. The van der Waals surface area contributed by atoms with Crippen LogP contribution >= 0.6 is 0 Å². The van der Waals surface area contributed by atoms with Crippen LogP contribution in [0, 0.1) is 0 Å². The lowest BCUT2D eigenvalue weighted by Gasteiger charge is -2.28. The summed E-state index contributed by atoms with van der Waals surface area (Å²) in [6, 6.07) is 11.1. The maximum atomic E-state index is 12.5. The number of likely N-dealkylation sites (tertiary alicyclic amines) is 1. The summed E-state index contributed by atoms with van der Waals surface area (Å²) in [6.07, 6.45) is 3.95. The van der Waals surface area contributed by atoms with Gasteiger partial charge in [-0.15, -0.1) is 0 Å². The molecule has 0 radical (unpaired) electrons. The number of carbonyl (C=O) groups is 1. The molecule has 2 aromatic rings. The molecule has 0 bridgehead atoms. The molecule has 0 spiro atoms. The largest absolute Gasteiger partial charge is 0.497 e. The van der Waals surface area contributed by atoms with Crippen LogP contribution in [0.4, 0.5) is 0 Å². The van der Waals surface area contributed by atoms with Crippen molar-refractivity contribution >= 4 is 5.91 Å². The van der Waals surface area contributed by atoms with E-state index in [1.807, 2.05) is 18.2 Å². The number of hydrogen-bond acceptors (Lipinski definition) is 4. The van der Waals surface area contributed by atoms with E-state index in [2.05, 4.69) is 16.3 Å². The van der Waals surface area contributed by atoms with Gasteiger partial charge in [0.1, 0.15) is 5.75 Å². The van der Waals surface area contributed by atoms with E-state index >= 15 is 0 Å². The minimum Gasteiger partial charge on any atom is -0.497 e. The standard InChI is InChI=1S/C20H25N3O3/c1-22-11-8-16(13-19(22)24)20(25)21-14-18(23-9-3-4-10-23)15-6-5-7-17(12-15)26-2/h5-8,11-13,18H,3-4,9-10,14H2,1-2H3,(H,21,25). The highest BCUT2D eigenvalue weighted by atomic mass is 16.5. The maximum Gasteiger partial charge on any atom is 0.251 e. The van der Waals surface area contributed by atoms with Gasteiger partial charge >= 0.3 is 0 Å². The third kappa shape index (κ3) is 4.14. The first-order valence-electron chi connectivity index (χ1n) is 8.91. The molecule has 1 unspecified atom stereocenters.